The van der Waals surface area contributed by atoms with Crippen LogP contribution in [0.3, 0.4) is 0 Å². The second-order valence-electron chi connectivity index (χ2n) is 2.68. The molecule has 0 bridgehead atoms. The van der Waals surface area contributed by atoms with Crippen LogP contribution in [-0.2, 0) is 4.74 Å². The van der Waals surface area contributed by atoms with Gasteiger partial charge in [0.15, 0.2) is 5.78 Å². The van der Waals surface area contributed by atoms with Crippen molar-refractivity contribution < 1.29 is 14.3 Å². The molecular formula is C10H11ClO3. The highest BCUT2D eigenvalue weighted by atomic mass is 35.5. The molecule has 76 valence electrons. The van der Waals surface area contributed by atoms with Crippen molar-refractivity contribution >= 4 is 17.4 Å². The van der Waals surface area contributed by atoms with Crippen LogP contribution in [0, 0.1) is 0 Å². The summed E-state index contributed by atoms with van der Waals surface area (Å²) in [4.78, 5) is 11.5. The molecule has 0 spiro atoms. The van der Waals surface area contributed by atoms with E-state index in [1.165, 1.54) is 14.2 Å². The normalized spacial score (nSPS) is 9.93. The number of rotatable bonds is 4. The molecule has 0 aliphatic rings. The third-order valence-electron chi connectivity index (χ3n) is 1.75. The Bertz CT molecular complexity index is 336. The number of para-hydroxylation sites is 1. The Morgan fingerprint density at radius 2 is 2.14 bits per heavy atom. The zero-order valence-corrected chi connectivity index (χ0v) is 8.80. The number of hydrogen-bond donors (Lipinski definition) is 0. The van der Waals surface area contributed by atoms with Crippen molar-refractivity contribution in [2.75, 3.05) is 20.8 Å². The maximum absolute atomic E-state index is 11.5. The molecule has 1 aromatic carbocycles. The van der Waals surface area contributed by atoms with Gasteiger partial charge in [0.05, 0.1) is 17.7 Å². The van der Waals surface area contributed by atoms with Gasteiger partial charge in [-0.1, -0.05) is 17.7 Å². The smallest absolute Gasteiger partial charge is 0.192 e. The standard InChI is InChI=1S/C10H11ClO3/c1-13-6-9(12)7-4-3-5-8(11)10(7)14-2/h3-5H,6H2,1-2H3. The van der Waals surface area contributed by atoms with Gasteiger partial charge in [-0.05, 0) is 12.1 Å². The van der Waals surface area contributed by atoms with Gasteiger partial charge in [-0.25, -0.2) is 0 Å². The number of carbonyl (C=O) groups excluding carboxylic acids is 1. The molecule has 0 radical (unpaired) electrons. The molecule has 0 aromatic heterocycles. The van der Waals surface area contributed by atoms with E-state index < -0.39 is 0 Å². The lowest BCUT2D eigenvalue weighted by atomic mass is 10.1. The van der Waals surface area contributed by atoms with Crippen LogP contribution in [0.5, 0.6) is 5.75 Å². The summed E-state index contributed by atoms with van der Waals surface area (Å²) in [5.74, 6) is 0.253. The molecule has 0 fully saturated rings. The summed E-state index contributed by atoms with van der Waals surface area (Å²) in [6.45, 7) is 0.0245. The van der Waals surface area contributed by atoms with E-state index in [4.69, 9.17) is 21.1 Å². The Hall–Kier alpha value is -1.06. The van der Waals surface area contributed by atoms with Crippen LogP contribution in [-0.4, -0.2) is 26.6 Å². The third-order valence-corrected chi connectivity index (χ3v) is 2.04. The molecule has 0 heterocycles. The number of halogens is 1. The zero-order valence-electron chi connectivity index (χ0n) is 8.04. The van der Waals surface area contributed by atoms with Crippen LogP contribution in [0.2, 0.25) is 5.02 Å². The van der Waals surface area contributed by atoms with Crippen LogP contribution < -0.4 is 4.74 Å². The van der Waals surface area contributed by atoms with Crippen LogP contribution in [0.1, 0.15) is 10.4 Å². The molecule has 0 aliphatic heterocycles. The lowest BCUT2D eigenvalue weighted by Gasteiger charge is -2.08. The first-order valence-electron chi connectivity index (χ1n) is 4.05. The SMILES string of the molecule is COCC(=O)c1cccc(Cl)c1OC. The summed E-state index contributed by atoms with van der Waals surface area (Å²) >= 11 is 5.86. The first kappa shape index (κ1) is 11.0. The summed E-state index contributed by atoms with van der Waals surface area (Å²) in [5.41, 5.74) is 0.446. The zero-order chi connectivity index (χ0) is 10.6. The number of carbonyl (C=O) groups is 1. The summed E-state index contributed by atoms with van der Waals surface area (Å²) in [6.07, 6.45) is 0. The minimum atomic E-state index is -0.146. The fourth-order valence-electron chi connectivity index (χ4n) is 1.14. The van der Waals surface area contributed by atoms with E-state index in [0.717, 1.165) is 0 Å². The number of Topliss-reactive ketones (excluding diaryl/α,β-unsaturated/α-hetero) is 1. The number of ether oxygens (including phenoxy) is 2. The molecule has 0 saturated heterocycles. The highest BCUT2D eigenvalue weighted by molar-refractivity contribution is 6.32. The summed E-state index contributed by atoms with van der Waals surface area (Å²) in [5, 5.41) is 0.425. The Kier molecular flexibility index (Phi) is 3.92. The molecular weight excluding hydrogens is 204 g/mol. The second kappa shape index (κ2) is 4.98. The van der Waals surface area contributed by atoms with E-state index in [0.29, 0.717) is 16.3 Å². The minimum Gasteiger partial charge on any atom is -0.494 e. The number of benzene rings is 1. The number of ketones is 1. The molecule has 0 atom stereocenters. The van der Waals surface area contributed by atoms with Gasteiger partial charge >= 0.3 is 0 Å². The molecule has 1 aromatic rings. The molecule has 0 saturated carbocycles. The predicted octanol–water partition coefficient (Wildman–Crippen LogP) is 2.18. The number of methoxy groups -OCH3 is 2. The molecule has 14 heavy (non-hydrogen) atoms. The maximum Gasteiger partial charge on any atom is 0.192 e. The van der Waals surface area contributed by atoms with E-state index in [1.54, 1.807) is 18.2 Å². The lowest BCUT2D eigenvalue weighted by molar-refractivity contribution is 0.0845. The van der Waals surface area contributed by atoms with E-state index in [-0.39, 0.29) is 12.4 Å². The Morgan fingerprint density at radius 3 is 2.71 bits per heavy atom. The van der Waals surface area contributed by atoms with Crippen molar-refractivity contribution in [2.24, 2.45) is 0 Å². The molecule has 4 heteroatoms. The van der Waals surface area contributed by atoms with E-state index >= 15 is 0 Å². The van der Waals surface area contributed by atoms with Crippen LogP contribution in [0.4, 0.5) is 0 Å². The molecule has 1 rings (SSSR count). The molecule has 0 N–H and O–H groups in total. The quantitative estimate of drug-likeness (QED) is 0.721. The Morgan fingerprint density at radius 1 is 1.43 bits per heavy atom. The molecule has 0 unspecified atom stereocenters. The van der Waals surface area contributed by atoms with Crippen LogP contribution in [0.25, 0.3) is 0 Å². The lowest BCUT2D eigenvalue weighted by Crippen LogP contribution is -2.08. The van der Waals surface area contributed by atoms with E-state index in [2.05, 4.69) is 0 Å². The first-order valence-corrected chi connectivity index (χ1v) is 4.43. The van der Waals surface area contributed by atoms with Gasteiger partial charge in [0, 0.05) is 7.11 Å². The van der Waals surface area contributed by atoms with Gasteiger partial charge < -0.3 is 9.47 Å². The van der Waals surface area contributed by atoms with Crippen molar-refractivity contribution in [1.29, 1.82) is 0 Å². The van der Waals surface area contributed by atoms with Gasteiger partial charge in [-0.3, -0.25) is 4.79 Å². The Balaban J connectivity index is 3.07. The highest BCUT2D eigenvalue weighted by Crippen LogP contribution is 2.28. The predicted molar refractivity (Wildman–Crippen MR) is 54.2 cm³/mol. The first-order chi connectivity index (χ1) is 6.70. The third kappa shape index (κ3) is 2.25. The molecule has 0 amide bonds. The van der Waals surface area contributed by atoms with Crippen molar-refractivity contribution in [3.63, 3.8) is 0 Å². The molecule has 0 aliphatic carbocycles. The van der Waals surface area contributed by atoms with Crippen molar-refractivity contribution in [2.45, 2.75) is 0 Å². The summed E-state index contributed by atoms with van der Waals surface area (Å²) < 4.78 is 9.78. The van der Waals surface area contributed by atoms with Gasteiger partial charge in [0.25, 0.3) is 0 Å². The fraction of sp³-hybridized carbons (Fsp3) is 0.300. The van der Waals surface area contributed by atoms with E-state index in [1.807, 2.05) is 0 Å². The van der Waals surface area contributed by atoms with E-state index in [9.17, 15) is 4.79 Å². The average molecular weight is 215 g/mol. The van der Waals surface area contributed by atoms with Crippen LogP contribution >= 0.6 is 11.6 Å². The Labute approximate surface area is 87.6 Å². The number of hydrogen-bond acceptors (Lipinski definition) is 3. The molecule has 3 nitrogen and oxygen atoms in total. The van der Waals surface area contributed by atoms with Crippen molar-refractivity contribution in [1.82, 2.24) is 0 Å². The van der Waals surface area contributed by atoms with Crippen molar-refractivity contribution in [3.05, 3.63) is 28.8 Å². The fourth-order valence-corrected chi connectivity index (χ4v) is 1.40. The second-order valence-corrected chi connectivity index (χ2v) is 3.08. The van der Waals surface area contributed by atoms with Gasteiger partial charge in [-0.15, -0.1) is 0 Å². The topological polar surface area (TPSA) is 35.5 Å². The minimum absolute atomic E-state index is 0.0245. The van der Waals surface area contributed by atoms with Crippen LogP contribution in [0.15, 0.2) is 18.2 Å². The van der Waals surface area contributed by atoms with Gasteiger partial charge in [0.2, 0.25) is 0 Å². The summed E-state index contributed by atoms with van der Waals surface area (Å²) in [7, 11) is 2.94. The highest BCUT2D eigenvalue weighted by Gasteiger charge is 2.13. The maximum atomic E-state index is 11.5. The monoisotopic (exact) mass is 214 g/mol. The average Bonchev–Trinajstić information content (AvgIpc) is 2.17. The van der Waals surface area contributed by atoms with Crippen molar-refractivity contribution in [3.8, 4) is 5.75 Å². The van der Waals surface area contributed by atoms with Gasteiger partial charge in [0.1, 0.15) is 12.4 Å². The summed E-state index contributed by atoms with van der Waals surface area (Å²) in [6, 6.07) is 5.03. The van der Waals surface area contributed by atoms with Gasteiger partial charge in [-0.2, -0.15) is 0 Å². The largest absolute Gasteiger partial charge is 0.494 e.